The molecule has 50 heavy (non-hydrogen) atoms. The molecule has 1 atom stereocenters. The van der Waals surface area contributed by atoms with Gasteiger partial charge >= 0.3 is 0 Å². The number of aryl methyl sites for hydroxylation is 1. The number of hydrogen-bond donors (Lipinski definition) is 0. The molecule has 0 saturated carbocycles. The van der Waals surface area contributed by atoms with E-state index in [9.17, 15) is 0 Å². The molecule has 0 spiro atoms. The number of rotatable bonds is 7. The van der Waals surface area contributed by atoms with Crippen molar-refractivity contribution in [1.82, 2.24) is 15.0 Å². The third-order valence-corrected chi connectivity index (χ3v) is 9.61. The van der Waals surface area contributed by atoms with Crippen LogP contribution < -0.4 is 0 Å². The van der Waals surface area contributed by atoms with Crippen molar-refractivity contribution >= 4 is 5.57 Å². The maximum atomic E-state index is 4.96. The van der Waals surface area contributed by atoms with Gasteiger partial charge in [-0.2, -0.15) is 0 Å². The maximum absolute atomic E-state index is 4.96. The van der Waals surface area contributed by atoms with Crippen LogP contribution in [0.25, 0.3) is 61.7 Å². The first-order valence-electron chi connectivity index (χ1n) is 17.2. The first-order chi connectivity index (χ1) is 24.6. The number of nitrogens with zero attached hydrogens (tertiary/aromatic N) is 3. The van der Waals surface area contributed by atoms with E-state index in [4.69, 9.17) is 15.0 Å². The third-order valence-electron chi connectivity index (χ3n) is 9.61. The van der Waals surface area contributed by atoms with Crippen LogP contribution in [-0.4, -0.2) is 15.0 Å². The molecule has 0 aliphatic heterocycles. The summed E-state index contributed by atoms with van der Waals surface area (Å²) in [5.41, 5.74) is 14.3. The van der Waals surface area contributed by atoms with E-state index in [0.717, 1.165) is 23.1 Å². The van der Waals surface area contributed by atoms with Crippen molar-refractivity contribution in [3.63, 3.8) is 0 Å². The van der Waals surface area contributed by atoms with E-state index in [0.29, 0.717) is 23.4 Å². The molecule has 1 unspecified atom stereocenters. The molecule has 0 N–H and O–H groups in total. The maximum Gasteiger partial charge on any atom is 0.164 e. The zero-order valence-corrected chi connectivity index (χ0v) is 28.3. The lowest BCUT2D eigenvalue weighted by molar-refractivity contribution is 0.792. The van der Waals surface area contributed by atoms with Gasteiger partial charge in [0.1, 0.15) is 0 Å². The highest BCUT2D eigenvalue weighted by Crippen LogP contribution is 2.39. The molecule has 7 aromatic rings. The van der Waals surface area contributed by atoms with Gasteiger partial charge in [-0.25, -0.2) is 15.0 Å². The molecule has 0 radical (unpaired) electrons. The summed E-state index contributed by atoms with van der Waals surface area (Å²) in [5.74, 6) is 2.37. The largest absolute Gasteiger partial charge is 0.208 e. The molecular formula is C47H37N3. The first-order valence-corrected chi connectivity index (χ1v) is 17.2. The quantitative estimate of drug-likeness (QED) is 0.173. The van der Waals surface area contributed by atoms with Crippen LogP contribution in [0.15, 0.2) is 175 Å². The highest BCUT2D eigenvalue weighted by atomic mass is 15.0. The lowest BCUT2D eigenvalue weighted by atomic mass is 9.81. The topological polar surface area (TPSA) is 38.7 Å². The molecule has 0 saturated heterocycles. The Bertz CT molecular complexity index is 2300. The van der Waals surface area contributed by atoms with Gasteiger partial charge in [0.25, 0.3) is 0 Å². The Hall–Kier alpha value is -6.19. The van der Waals surface area contributed by atoms with Gasteiger partial charge in [-0.3, -0.25) is 0 Å². The summed E-state index contributed by atoms with van der Waals surface area (Å²) >= 11 is 0. The van der Waals surface area contributed by atoms with Gasteiger partial charge in [0, 0.05) is 22.6 Å². The molecule has 1 aromatic heterocycles. The van der Waals surface area contributed by atoms with Crippen LogP contribution in [0, 0.1) is 6.92 Å². The number of allylic oxidation sites excluding steroid dienone is 4. The average Bonchev–Trinajstić information content (AvgIpc) is 3.19. The second kappa shape index (κ2) is 13.7. The van der Waals surface area contributed by atoms with Crippen molar-refractivity contribution < 1.29 is 0 Å². The lowest BCUT2D eigenvalue weighted by Gasteiger charge is -2.24. The Morgan fingerprint density at radius 1 is 0.420 bits per heavy atom. The zero-order chi connectivity index (χ0) is 33.9. The number of aromatic nitrogens is 3. The fourth-order valence-electron chi connectivity index (χ4n) is 6.93. The van der Waals surface area contributed by atoms with Crippen molar-refractivity contribution in [2.45, 2.75) is 26.2 Å². The van der Waals surface area contributed by atoms with Crippen LogP contribution in [-0.2, 0) is 0 Å². The molecule has 0 bridgehead atoms. The molecule has 0 fully saturated rings. The summed E-state index contributed by atoms with van der Waals surface area (Å²) in [7, 11) is 0. The third kappa shape index (κ3) is 6.46. The highest BCUT2D eigenvalue weighted by molar-refractivity contribution is 5.78. The number of hydrogen-bond acceptors (Lipinski definition) is 3. The Morgan fingerprint density at radius 3 is 1.36 bits per heavy atom. The number of benzene rings is 6. The van der Waals surface area contributed by atoms with Crippen molar-refractivity contribution in [3.8, 4) is 56.2 Å². The Morgan fingerprint density at radius 2 is 0.860 bits per heavy atom. The minimum Gasteiger partial charge on any atom is -0.208 e. The molecule has 1 aliphatic rings. The van der Waals surface area contributed by atoms with Gasteiger partial charge in [0.2, 0.25) is 0 Å². The summed E-state index contributed by atoms with van der Waals surface area (Å²) in [6, 6.07) is 55.5. The van der Waals surface area contributed by atoms with E-state index in [1.54, 1.807) is 0 Å². The lowest BCUT2D eigenvalue weighted by Crippen LogP contribution is -2.08. The fraction of sp³-hybridized carbons (Fsp3) is 0.0851. The molecule has 3 nitrogen and oxygen atoms in total. The Balaban J connectivity index is 1.06. The molecule has 1 heterocycles. The monoisotopic (exact) mass is 643 g/mol. The first kappa shape index (κ1) is 31.1. The second-order valence-electron chi connectivity index (χ2n) is 13.0. The predicted octanol–water partition coefficient (Wildman–Crippen LogP) is 12.0. The molecule has 0 amide bonds. The van der Waals surface area contributed by atoms with Crippen LogP contribution in [0.1, 0.15) is 36.2 Å². The predicted molar refractivity (Wildman–Crippen MR) is 207 cm³/mol. The normalized spacial score (nSPS) is 14.2. The minimum absolute atomic E-state index is 0.295. The van der Waals surface area contributed by atoms with Crippen LogP contribution in [0.4, 0.5) is 0 Å². The molecule has 6 aromatic carbocycles. The van der Waals surface area contributed by atoms with Crippen molar-refractivity contribution in [3.05, 3.63) is 192 Å². The van der Waals surface area contributed by atoms with Crippen molar-refractivity contribution in [1.29, 1.82) is 0 Å². The zero-order valence-electron chi connectivity index (χ0n) is 28.3. The molecule has 1 aliphatic carbocycles. The van der Waals surface area contributed by atoms with Crippen molar-refractivity contribution in [2.75, 3.05) is 0 Å². The fourth-order valence-corrected chi connectivity index (χ4v) is 6.93. The second-order valence-corrected chi connectivity index (χ2v) is 13.0. The summed E-state index contributed by atoms with van der Waals surface area (Å²) in [6.45, 7) is 4.47. The van der Waals surface area contributed by atoms with E-state index in [1.807, 2.05) is 60.7 Å². The van der Waals surface area contributed by atoms with Crippen LogP contribution in [0.5, 0.6) is 0 Å². The van der Waals surface area contributed by atoms with Crippen molar-refractivity contribution in [2.24, 2.45) is 0 Å². The van der Waals surface area contributed by atoms with Crippen LogP contribution >= 0.6 is 0 Å². The highest BCUT2D eigenvalue weighted by Gasteiger charge is 2.22. The van der Waals surface area contributed by atoms with E-state index in [1.165, 1.54) is 50.1 Å². The van der Waals surface area contributed by atoms with Crippen LogP contribution in [0.2, 0.25) is 0 Å². The smallest absolute Gasteiger partial charge is 0.164 e. The van der Waals surface area contributed by atoms with Gasteiger partial charge < -0.3 is 0 Å². The van der Waals surface area contributed by atoms with Gasteiger partial charge in [-0.05, 0) is 76.9 Å². The van der Waals surface area contributed by atoms with Gasteiger partial charge in [0.15, 0.2) is 17.5 Å². The molecule has 240 valence electrons. The molecular weight excluding hydrogens is 607 g/mol. The standard InChI is InChI=1S/C47H37N3/c1-32-28-41(40-23-13-22-39(31-40)38-21-12-20-37(30-38)34-14-6-3-7-15-34)24-26-43(32)44-27-25-42(29-33(44)2)47-49-45(35-16-8-4-9-17-35)48-46(50-47)36-18-10-5-11-19-36/h3-26,28-31,44H,27H2,1-2H3. The summed E-state index contributed by atoms with van der Waals surface area (Å²) < 4.78 is 0. The van der Waals surface area contributed by atoms with E-state index in [2.05, 4.69) is 123 Å². The van der Waals surface area contributed by atoms with Gasteiger partial charge in [0.05, 0.1) is 0 Å². The van der Waals surface area contributed by atoms with E-state index < -0.39 is 0 Å². The van der Waals surface area contributed by atoms with E-state index in [-0.39, 0.29) is 0 Å². The molecule has 8 rings (SSSR count). The molecule has 3 heteroatoms. The Kier molecular flexibility index (Phi) is 8.54. The SMILES string of the molecule is CC1=CC(c2nc(-c3ccccc3)nc(-c3ccccc3)n2)=CCC1c1ccc(-c2cccc(-c3cccc(-c4ccccc4)c3)c2)cc1C. The van der Waals surface area contributed by atoms with Gasteiger partial charge in [-0.15, -0.1) is 0 Å². The summed E-state index contributed by atoms with van der Waals surface area (Å²) in [4.78, 5) is 14.8. The van der Waals surface area contributed by atoms with Crippen LogP contribution in [0.3, 0.4) is 0 Å². The van der Waals surface area contributed by atoms with E-state index >= 15 is 0 Å². The summed E-state index contributed by atoms with van der Waals surface area (Å²) in [6.07, 6.45) is 5.43. The minimum atomic E-state index is 0.295. The average molecular weight is 644 g/mol. The van der Waals surface area contributed by atoms with Gasteiger partial charge in [-0.1, -0.05) is 163 Å². The Labute approximate surface area is 294 Å². The summed E-state index contributed by atoms with van der Waals surface area (Å²) in [5, 5.41) is 0.